The molecule has 0 saturated carbocycles. The fourth-order valence-electron chi connectivity index (χ4n) is 2.80. The van der Waals surface area contributed by atoms with Crippen LogP contribution in [0, 0.1) is 5.82 Å². The van der Waals surface area contributed by atoms with Crippen LogP contribution in [0.4, 0.5) is 10.1 Å². The summed E-state index contributed by atoms with van der Waals surface area (Å²) in [7, 11) is 0. The number of benzene rings is 3. The summed E-state index contributed by atoms with van der Waals surface area (Å²) < 4.78 is 14.1. The Bertz CT molecular complexity index is 1140. The number of hydrogen-bond donors (Lipinski definition) is 1. The van der Waals surface area contributed by atoms with Crippen LogP contribution in [-0.2, 0) is 5.75 Å². The molecule has 1 heterocycles. The molecule has 6 heteroatoms. The van der Waals surface area contributed by atoms with Gasteiger partial charge < -0.3 is 5.32 Å². The molecule has 0 saturated heterocycles. The second-order valence-corrected chi connectivity index (χ2v) is 8.56. The Hall–Kier alpha value is -2.34. The van der Waals surface area contributed by atoms with E-state index in [0.717, 1.165) is 16.3 Å². The van der Waals surface area contributed by atoms with Crippen molar-refractivity contribution in [3.63, 3.8) is 0 Å². The molecule has 0 aliphatic heterocycles. The summed E-state index contributed by atoms with van der Waals surface area (Å²) >= 11 is 9.22. The molecule has 0 aliphatic carbocycles. The quantitative estimate of drug-likeness (QED) is 0.340. The summed E-state index contributed by atoms with van der Waals surface area (Å²) in [6.07, 6.45) is 0. The van der Waals surface area contributed by atoms with Crippen LogP contribution < -0.4 is 5.32 Å². The fraction of sp³-hybridized carbons (Fsp3) is 0.0455. The van der Waals surface area contributed by atoms with Crippen LogP contribution in [0.5, 0.6) is 0 Å². The van der Waals surface area contributed by atoms with Crippen LogP contribution in [-0.4, -0.2) is 5.91 Å². The summed E-state index contributed by atoms with van der Waals surface area (Å²) in [4.78, 5) is 14.2. The van der Waals surface area contributed by atoms with Gasteiger partial charge in [0.1, 0.15) is 10.7 Å². The molecule has 1 amide bonds. The van der Waals surface area contributed by atoms with Gasteiger partial charge in [-0.25, -0.2) is 4.39 Å². The van der Waals surface area contributed by atoms with Crippen molar-refractivity contribution in [2.45, 2.75) is 10.6 Å². The smallest absolute Gasteiger partial charge is 0.267 e. The summed E-state index contributed by atoms with van der Waals surface area (Å²) in [6.45, 7) is 0. The number of fused-ring (bicyclic) bond motifs is 1. The SMILES string of the molecule is O=C(Nc1ccccc1SCc1ccccc1)c1sc2cc(F)ccc2c1Cl. The number of nitrogens with one attached hydrogen (secondary N) is 1. The number of hydrogen-bond acceptors (Lipinski definition) is 3. The van der Waals surface area contributed by atoms with E-state index >= 15 is 0 Å². The first-order chi connectivity index (χ1) is 13.6. The predicted molar refractivity (Wildman–Crippen MR) is 117 cm³/mol. The zero-order valence-corrected chi connectivity index (χ0v) is 17.0. The Labute approximate surface area is 175 Å². The molecule has 0 bridgehead atoms. The molecule has 140 valence electrons. The molecular formula is C22H15ClFNOS2. The minimum atomic E-state index is -0.347. The van der Waals surface area contributed by atoms with Crippen molar-refractivity contribution in [3.8, 4) is 0 Å². The lowest BCUT2D eigenvalue weighted by Gasteiger charge is -2.10. The number of para-hydroxylation sites is 1. The number of carbonyl (C=O) groups is 1. The molecule has 4 aromatic rings. The number of thiophene rings is 1. The molecule has 0 spiro atoms. The van der Waals surface area contributed by atoms with Crippen molar-refractivity contribution in [2.24, 2.45) is 0 Å². The topological polar surface area (TPSA) is 29.1 Å². The Morgan fingerprint density at radius 2 is 1.79 bits per heavy atom. The maximum Gasteiger partial charge on any atom is 0.267 e. The standard InChI is InChI=1S/C22H15ClFNOS2/c23-20-16-11-10-15(24)12-19(16)28-21(20)22(26)25-17-8-4-5-9-18(17)27-13-14-6-2-1-3-7-14/h1-12H,13H2,(H,25,26). The lowest BCUT2D eigenvalue weighted by atomic mass is 10.2. The van der Waals surface area contributed by atoms with E-state index in [1.54, 1.807) is 17.8 Å². The molecule has 0 unspecified atom stereocenters. The number of halogens is 2. The summed E-state index contributed by atoms with van der Waals surface area (Å²) in [5, 5.41) is 3.99. The Balaban J connectivity index is 1.56. The van der Waals surface area contributed by atoms with Gasteiger partial charge in [0.15, 0.2) is 0 Å². The highest BCUT2D eigenvalue weighted by Crippen LogP contribution is 2.37. The maximum atomic E-state index is 13.5. The van der Waals surface area contributed by atoms with Gasteiger partial charge >= 0.3 is 0 Å². The lowest BCUT2D eigenvalue weighted by Crippen LogP contribution is -2.11. The van der Waals surface area contributed by atoms with Gasteiger partial charge in [-0.05, 0) is 35.9 Å². The molecule has 2 nitrogen and oxygen atoms in total. The molecule has 1 N–H and O–H groups in total. The first-order valence-corrected chi connectivity index (χ1v) is 10.7. The van der Waals surface area contributed by atoms with E-state index in [4.69, 9.17) is 11.6 Å². The highest BCUT2D eigenvalue weighted by molar-refractivity contribution is 7.98. The number of carbonyl (C=O) groups excluding carboxylic acids is 1. The second-order valence-electron chi connectivity index (χ2n) is 6.11. The Morgan fingerprint density at radius 1 is 1.04 bits per heavy atom. The average molecular weight is 428 g/mol. The lowest BCUT2D eigenvalue weighted by molar-refractivity contribution is 0.103. The number of rotatable bonds is 5. The van der Waals surface area contributed by atoms with Crippen LogP contribution in [0.1, 0.15) is 15.2 Å². The summed E-state index contributed by atoms with van der Waals surface area (Å²) in [6, 6.07) is 22.2. The van der Waals surface area contributed by atoms with E-state index in [2.05, 4.69) is 17.4 Å². The molecule has 0 aliphatic rings. The fourth-order valence-corrected chi connectivity index (χ4v) is 5.20. The van der Waals surface area contributed by atoms with Gasteiger partial charge in [-0.3, -0.25) is 4.79 Å². The minimum Gasteiger partial charge on any atom is -0.320 e. The zero-order chi connectivity index (χ0) is 19.5. The average Bonchev–Trinajstić information content (AvgIpc) is 3.04. The van der Waals surface area contributed by atoms with E-state index in [-0.39, 0.29) is 11.7 Å². The summed E-state index contributed by atoms with van der Waals surface area (Å²) in [5.74, 6) is 0.163. The molecule has 0 radical (unpaired) electrons. The molecule has 0 fully saturated rings. The van der Waals surface area contributed by atoms with Crippen molar-refractivity contribution >= 4 is 56.4 Å². The zero-order valence-electron chi connectivity index (χ0n) is 14.6. The van der Waals surface area contributed by atoms with Crippen LogP contribution in [0.2, 0.25) is 5.02 Å². The third-order valence-electron chi connectivity index (χ3n) is 4.17. The first kappa shape index (κ1) is 19.0. The normalized spacial score (nSPS) is 10.9. The summed E-state index contributed by atoms with van der Waals surface area (Å²) in [5.41, 5.74) is 1.94. The van der Waals surface area contributed by atoms with E-state index < -0.39 is 0 Å². The Morgan fingerprint density at radius 3 is 2.61 bits per heavy atom. The monoisotopic (exact) mass is 427 g/mol. The molecule has 1 aromatic heterocycles. The number of thioether (sulfide) groups is 1. The van der Waals surface area contributed by atoms with E-state index in [1.807, 2.05) is 42.5 Å². The minimum absolute atomic E-state index is 0.292. The highest BCUT2D eigenvalue weighted by atomic mass is 35.5. The van der Waals surface area contributed by atoms with Crippen LogP contribution in [0.15, 0.2) is 77.7 Å². The molecule has 28 heavy (non-hydrogen) atoms. The van der Waals surface area contributed by atoms with Crippen molar-refractivity contribution < 1.29 is 9.18 Å². The van der Waals surface area contributed by atoms with Gasteiger partial charge in [0.2, 0.25) is 0 Å². The van der Waals surface area contributed by atoms with Crippen molar-refractivity contribution in [1.82, 2.24) is 0 Å². The van der Waals surface area contributed by atoms with Gasteiger partial charge in [-0.2, -0.15) is 0 Å². The van der Waals surface area contributed by atoms with Crippen LogP contribution in [0.3, 0.4) is 0 Å². The van der Waals surface area contributed by atoms with Gasteiger partial charge in [0.05, 0.1) is 10.7 Å². The Kier molecular flexibility index (Phi) is 5.67. The molecule has 3 aromatic carbocycles. The number of anilines is 1. The number of amides is 1. The van der Waals surface area contributed by atoms with Crippen molar-refractivity contribution in [1.29, 1.82) is 0 Å². The molecular weight excluding hydrogens is 413 g/mol. The predicted octanol–water partition coefficient (Wildman–Crippen LogP) is 7.24. The van der Waals surface area contributed by atoms with Gasteiger partial charge in [-0.1, -0.05) is 54.1 Å². The van der Waals surface area contributed by atoms with Crippen molar-refractivity contribution in [3.05, 3.63) is 94.1 Å². The van der Waals surface area contributed by atoms with Gasteiger partial charge in [0, 0.05) is 20.7 Å². The third-order valence-corrected chi connectivity index (χ3v) is 6.97. The van der Waals surface area contributed by atoms with Crippen LogP contribution in [0.25, 0.3) is 10.1 Å². The van der Waals surface area contributed by atoms with E-state index in [9.17, 15) is 9.18 Å². The third kappa shape index (κ3) is 4.07. The highest BCUT2D eigenvalue weighted by Gasteiger charge is 2.18. The van der Waals surface area contributed by atoms with E-state index in [1.165, 1.54) is 29.0 Å². The molecule has 4 rings (SSSR count). The van der Waals surface area contributed by atoms with E-state index in [0.29, 0.717) is 20.0 Å². The second kappa shape index (κ2) is 8.35. The van der Waals surface area contributed by atoms with Gasteiger partial charge in [0.25, 0.3) is 5.91 Å². The van der Waals surface area contributed by atoms with Crippen LogP contribution >= 0.6 is 34.7 Å². The van der Waals surface area contributed by atoms with Gasteiger partial charge in [-0.15, -0.1) is 23.1 Å². The largest absolute Gasteiger partial charge is 0.320 e. The molecule has 0 atom stereocenters. The van der Waals surface area contributed by atoms with Crippen molar-refractivity contribution in [2.75, 3.05) is 5.32 Å². The maximum absolute atomic E-state index is 13.5. The first-order valence-electron chi connectivity index (χ1n) is 8.56.